The number of allylic oxidation sites excluding steroid dienone is 1. The van der Waals surface area contributed by atoms with Crippen LogP contribution < -0.4 is 5.32 Å². The van der Waals surface area contributed by atoms with Gasteiger partial charge in [0.05, 0.1) is 24.9 Å². The highest BCUT2D eigenvalue weighted by Crippen LogP contribution is 2.64. The van der Waals surface area contributed by atoms with E-state index in [2.05, 4.69) is 16.6 Å². The molecule has 4 fully saturated rings. The molecule has 1 N–H and O–H groups in total. The van der Waals surface area contributed by atoms with Crippen molar-refractivity contribution in [2.24, 2.45) is 23.7 Å². The number of carbonyl (C=O) groups is 1. The number of hydrogen-bond acceptors (Lipinski definition) is 3. The van der Waals surface area contributed by atoms with E-state index in [0.717, 1.165) is 52.6 Å². The number of benzene rings is 1. The SMILES string of the molecule is C1CC2CC1C1CC3OC3C21.C=C(C)c1cccc(C(C)(C)NC(=O)OC)c1. The molecule has 5 rings (SSSR count). The number of methoxy groups -OCH3 is 1. The number of hydrogen-bond donors (Lipinski definition) is 1. The van der Waals surface area contributed by atoms with Crippen LogP contribution in [0, 0.1) is 23.7 Å². The maximum Gasteiger partial charge on any atom is 0.407 e. The minimum atomic E-state index is -0.474. The number of ether oxygens (including phenoxy) is 2. The summed E-state index contributed by atoms with van der Waals surface area (Å²) in [6.07, 6.45) is 7.10. The number of rotatable bonds is 3. The van der Waals surface area contributed by atoms with Gasteiger partial charge >= 0.3 is 6.09 Å². The van der Waals surface area contributed by atoms with Crippen molar-refractivity contribution in [1.29, 1.82) is 0 Å². The second kappa shape index (κ2) is 7.22. The molecule has 1 heterocycles. The second-order valence-corrected chi connectivity index (χ2v) is 9.55. The lowest BCUT2D eigenvalue weighted by Gasteiger charge is -2.26. The van der Waals surface area contributed by atoms with Crippen molar-refractivity contribution >= 4 is 11.7 Å². The molecular formula is C24H33NO3. The van der Waals surface area contributed by atoms with Crippen LogP contribution in [-0.4, -0.2) is 25.4 Å². The topological polar surface area (TPSA) is 50.9 Å². The maximum absolute atomic E-state index is 11.3. The summed E-state index contributed by atoms with van der Waals surface area (Å²) in [5.74, 6) is 4.35. The number of carbonyl (C=O) groups excluding carboxylic acids is 1. The Balaban J connectivity index is 0.000000147. The molecule has 1 aromatic rings. The van der Waals surface area contributed by atoms with Crippen LogP contribution in [0.25, 0.3) is 5.57 Å². The molecule has 0 radical (unpaired) electrons. The number of alkyl carbamates (subject to hydrolysis) is 1. The Hall–Kier alpha value is -1.81. The van der Waals surface area contributed by atoms with Crippen LogP contribution in [0.15, 0.2) is 30.8 Å². The summed E-state index contributed by atoms with van der Waals surface area (Å²) in [5, 5.41) is 2.80. The molecular weight excluding hydrogens is 350 g/mol. The molecule has 3 saturated carbocycles. The largest absolute Gasteiger partial charge is 0.453 e. The summed E-state index contributed by atoms with van der Waals surface area (Å²) in [6.45, 7) is 9.74. The van der Waals surface area contributed by atoms with Crippen molar-refractivity contribution < 1.29 is 14.3 Å². The molecule has 4 heteroatoms. The van der Waals surface area contributed by atoms with Crippen molar-refractivity contribution in [1.82, 2.24) is 5.32 Å². The van der Waals surface area contributed by atoms with Gasteiger partial charge in [-0.1, -0.05) is 30.4 Å². The lowest BCUT2D eigenvalue weighted by molar-refractivity contribution is 0.147. The maximum atomic E-state index is 11.3. The van der Waals surface area contributed by atoms with E-state index >= 15 is 0 Å². The van der Waals surface area contributed by atoms with Gasteiger partial charge in [-0.05, 0) is 87.3 Å². The van der Waals surface area contributed by atoms with Crippen LogP contribution in [0.1, 0.15) is 57.6 Å². The summed E-state index contributed by atoms with van der Waals surface area (Å²) >= 11 is 0. The molecule has 4 nitrogen and oxygen atoms in total. The monoisotopic (exact) mass is 383 g/mol. The van der Waals surface area contributed by atoms with Crippen LogP contribution in [0.3, 0.4) is 0 Å². The van der Waals surface area contributed by atoms with Gasteiger partial charge in [0.25, 0.3) is 0 Å². The summed E-state index contributed by atoms with van der Waals surface area (Å²) in [6, 6.07) is 7.96. The fourth-order valence-corrected chi connectivity index (χ4v) is 5.82. The molecule has 2 bridgehead atoms. The predicted octanol–water partition coefficient (Wildman–Crippen LogP) is 5.13. The van der Waals surface area contributed by atoms with Crippen molar-refractivity contribution in [3.8, 4) is 0 Å². The Labute approximate surface area is 168 Å². The molecule has 4 aliphatic rings. The van der Waals surface area contributed by atoms with E-state index in [0.29, 0.717) is 0 Å². The number of fused-ring (bicyclic) bond motifs is 7. The van der Waals surface area contributed by atoms with Crippen molar-refractivity contribution in [2.75, 3.05) is 7.11 Å². The molecule has 152 valence electrons. The van der Waals surface area contributed by atoms with Crippen LogP contribution in [-0.2, 0) is 15.0 Å². The average molecular weight is 384 g/mol. The molecule has 6 unspecified atom stereocenters. The highest BCUT2D eigenvalue weighted by Gasteiger charge is 2.64. The van der Waals surface area contributed by atoms with E-state index < -0.39 is 11.6 Å². The Morgan fingerprint density at radius 3 is 2.68 bits per heavy atom. The summed E-state index contributed by atoms with van der Waals surface area (Å²) < 4.78 is 10.2. The third-order valence-electron chi connectivity index (χ3n) is 7.34. The molecule has 1 aromatic carbocycles. The van der Waals surface area contributed by atoms with Gasteiger partial charge in [0.2, 0.25) is 0 Å². The zero-order chi connectivity index (χ0) is 20.1. The third-order valence-corrected chi connectivity index (χ3v) is 7.34. The van der Waals surface area contributed by atoms with E-state index in [1.165, 1.54) is 20.0 Å². The third kappa shape index (κ3) is 3.59. The minimum Gasteiger partial charge on any atom is -0.453 e. The first-order chi connectivity index (χ1) is 13.3. The van der Waals surface area contributed by atoms with Crippen LogP contribution in [0.5, 0.6) is 0 Å². The van der Waals surface area contributed by atoms with Crippen LogP contribution >= 0.6 is 0 Å². The number of nitrogens with one attached hydrogen (secondary N) is 1. The molecule has 1 aliphatic heterocycles. The molecule has 3 aliphatic carbocycles. The smallest absolute Gasteiger partial charge is 0.407 e. The normalized spacial score (nSPS) is 34.0. The van der Waals surface area contributed by atoms with Gasteiger partial charge in [0.15, 0.2) is 0 Å². The van der Waals surface area contributed by atoms with Gasteiger partial charge < -0.3 is 14.8 Å². The highest BCUT2D eigenvalue weighted by atomic mass is 16.6. The zero-order valence-corrected chi connectivity index (χ0v) is 17.5. The Bertz CT molecular complexity index is 771. The summed E-state index contributed by atoms with van der Waals surface area (Å²) in [7, 11) is 1.36. The second-order valence-electron chi connectivity index (χ2n) is 9.55. The molecule has 1 amide bonds. The molecule has 0 aromatic heterocycles. The standard InChI is InChI=1S/C14H19NO2.C10H14O/c1-10(2)11-7-6-8-12(9-11)14(3,4)15-13(16)17-5;1-2-6-3-5(1)7-4-8-10(11-8)9(6)7/h6-9H,1H2,2-5H3,(H,15,16);5-10H,1-4H2. The lowest BCUT2D eigenvalue weighted by atomic mass is 9.81. The minimum absolute atomic E-state index is 0.435. The van der Waals surface area contributed by atoms with E-state index in [1.807, 2.05) is 45.0 Å². The van der Waals surface area contributed by atoms with Gasteiger partial charge in [-0.15, -0.1) is 0 Å². The van der Waals surface area contributed by atoms with Gasteiger partial charge in [0.1, 0.15) is 0 Å². The van der Waals surface area contributed by atoms with Crippen molar-refractivity contribution in [3.05, 3.63) is 42.0 Å². The lowest BCUT2D eigenvalue weighted by Crippen LogP contribution is -2.40. The fraction of sp³-hybridized carbons (Fsp3) is 0.625. The average Bonchev–Trinajstić information content (AvgIpc) is 3.02. The first-order valence-electron chi connectivity index (χ1n) is 10.6. The molecule has 6 atom stereocenters. The first kappa shape index (κ1) is 19.5. The van der Waals surface area contributed by atoms with Crippen molar-refractivity contribution in [2.45, 2.75) is 64.2 Å². The molecule has 28 heavy (non-hydrogen) atoms. The van der Waals surface area contributed by atoms with Gasteiger partial charge in [0, 0.05) is 0 Å². The predicted molar refractivity (Wildman–Crippen MR) is 111 cm³/mol. The van der Waals surface area contributed by atoms with Crippen molar-refractivity contribution in [3.63, 3.8) is 0 Å². The molecule has 0 spiro atoms. The Morgan fingerprint density at radius 2 is 2.00 bits per heavy atom. The fourth-order valence-electron chi connectivity index (χ4n) is 5.82. The summed E-state index contributed by atoms with van der Waals surface area (Å²) in [4.78, 5) is 11.3. The van der Waals surface area contributed by atoms with Crippen LogP contribution in [0.4, 0.5) is 4.79 Å². The van der Waals surface area contributed by atoms with E-state index in [-0.39, 0.29) is 0 Å². The number of epoxide rings is 1. The van der Waals surface area contributed by atoms with E-state index in [4.69, 9.17) is 4.74 Å². The molecule has 1 saturated heterocycles. The van der Waals surface area contributed by atoms with Gasteiger partial charge in [-0.3, -0.25) is 0 Å². The van der Waals surface area contributed by atoms with E-state index in [1.54, 1.807) is 12.8 Å². The van der Waals surface area contributed by atoms with Gasteiger partial charge in [-0.25, -0.2) is 4.79 Å². The number of amides is 1. The zero-order valence-electron chi connectivity index (χ0n) is 17.5. The van der Waals surface area contributed by atoms with Crippen LogP contribution in [0.2, 0.25) is 0 Å². The Kier molecular flexibility index (Phi) is 5.03. The first-order valence-corrected chi connectivity index (χ1v) is 10.6. The Morgan fingerprint density at radius 1 is 1.25 bits per heavy atom. The highest BCUT2D eigenvalue weighted by molar-refractivity contribution is 5.69. The van der Waals surface area contributed by atoms with Gasteiger partial charge in [-0.2, -0.15) is 0 Å². The summed E-state index contributed by atoms with van der Waals surface area (Å²) in [5.41, 5.74) is 2.62. The quantitative estimate of drug-likeness (QED) is 0.736. The van der Waals surface area contributed by atoms with E-state index in [9.17, 15) is 4.79 Å².